The molecule has 0 aliphatic rings. The van der Waals surface area contributed by atoms with Crippen molar-refractivity contribution in [2.45, 2.75) is 6.54 Å². The molecule has 8 nitrogen and oxygen atoms in total. The number of methoxy groups -OCH3 is 2. The lowest BCUT2D eigenvalue weighted by Gasteiger charge is -2.12. The van der Waals surface area contributed by atoms with Gasteiger partial charge >= 0.3 is 0 Å². The summed E-state index contributed by atoms with van der Waals surface area (Å²) in [6.07, 6.45) is 1.47. The predicted molar refractivity (Wildman–Crippen MR) is 99.5 cm³/mol. The lowest BCUT2D eigenvalue weighted by atomic mass is 10.2. The van der Waals surface area contributed by atoms with Gasteiger partial charge in [-0.15, -0.1) is 0 Å². The minimum atomic E-state index is -2.61. The van der Waals surface area contributed by atoms with E-state index in [9.17, 15) is 8.42 Å². The third-order valence-corrected chi connectivity index (χ3v) is 4.19. The summed E-state index contributed by atoms with van der Waals surface area (Å²) in [5.74, 6) is 1.81. The Labute approximate surface area is 152 Å². The molecule has 0 fully saturated rings. The smallest absolute Gasteiger partial charge is 0.201 e. The van der Waals surface area contributed by atoms with E-state index in [1.54, 1.807) is 20.3 Å². The number of thiol groups is 1. The van der Waals surface area contributed by atoms with Crippen molar-refractivity contribution in [3.8, 4) is 11.5 Å². The van der Waals surface area contributed by atoms with Gasteiger partial charge in [-0.2, -0.15) is 0 Å². The van der Waals surface area contributed by atoms with Crippen LogP contribution in [0.5, 0.6) is 11.5 Å². The summed E-state index contributed by atoms with van der Waals surface area (Å²) >= 11 is 0. The Kier molecular flexibility index (Phi) is 5.49. The molecule has 2 N–H and O–H groups in total. The maximum Gasteiger partial charge on any atom is 0.201 e. The molecule has 0 amide bonds. The van der Waals surface area contributed by atoms with Gasteiger partial charge < -0.3 is 14.8 Å². The Hall–Kier alpha value is -2.91. The number of hydrogen-bond acceptors (Lipinski definition) is 7. The lowest BCUT2D eigenvalue weighted by molar-refractivity contribution is 0.356. The molecule has 9 heteroatoms. The fourth-order valence-electron chi connectivity index (χ4n) is 2.48. The van der Waals surface area contributed by atoms with E-state index in [-0.39, 0.29) is 6.54 Å². The highest BCUT2D eigenvalue weighted by Gasteiger charge is 2.11. The van der Waals surface area contributed by atoms with Crippen LogP contribution in [0.2, 0.25) is 0 Å². The normalized spacial score (nSPS) is 10.9. The van der Waals surface area contributed by atoms with E-state index in [1.807, 2.05) is 30.3 Å². The second-order valence-corrected chi connectivity index (χ2v) is 6.19. The molecule has 26 heavy (non-hydrogen) atoms. The summed E-state index contributed by atoms with van der Waals surface area (Å²) < 4.78 is 34.2. The molecule has 0 saturated heterocycles. The summed E-state index contributed by atoms with van der Waals surface area (Å²) in [4.78, 5) is 8.57. The van der Waals surface area contributed by atoms with Crippen LogP contribution in [-0.2, 0) is 17.4 Å². The van der Waals surface area contributed by atoms with Gasteiger partial charge in [-0.05, 0) is 23.8 Å². The van der Waals surface area contributed by atoms with Crippen molar-refractivity contribution in [1.82, 2.24) is 14.7 Å². The molecule has 3 rings (SSSR count). The van der Waals surface area contributed by atoms with Crippen LogP contribution in [-0.4, -0.2) is 32.6 Å². The van der Waals surface area contributed by atoms with Crippen LogP contribution < -0.4 is 19.5 Å². The van der Waals surface area contributed by atoms with Crippen LogP contribution in [0.3, 0.4) is 0 Å². The maximum atomic E-state index is 10.6. The summed E-state index contributed by atoms with van der Waals surface area (Å²) in [6.45, 7) is 0.256. The van der Waals surface area contributed by atoms with E-state index < -0.39 is 10.9 Å². The number of fused-ring (bicyclic) bond motifs is 1. The summed E-state index contributed by atoms with van der Waals surface area (Å²) in [7, 11) is 0.540. The van der Waals surface area contributed by atoms with Crippen molar-refractivity contribution in [2.24, 2.45) is 0 Å². The number of aromatic nitrogens is 2. The van der Waals surface area contributed by atoms with Crippen LogP contribution >= 0.6 is 0 Å². The molecule has 0 atom stereocenters. The third kappa shape index (κ3) is 4.01. The van der Waals surface area contributed by atoms with Crippen molar-refractivity contribution in [3.05, 3.63) is 48.3 Å². The van der Waals surface area contributed by atoms with E-state index in [1.165, 1.54) is 6.33 Å². The van der Waals surface area contributed by atoms with Crippen LogP contribution in [0.1, 0.15) is 5.56 Å². The van der Waals surface area contributed by atoms with Crippen LogP contribution in [0.25, 0.3) is 10.9 Å². The van der Waals surface area contributed by atoms with Gasteiger partial charge in [0, 0.05) is 23.7 Å². The Morgan fingerprint density at radius 3 is 2.35 bits per heavy atom. The molecule has 0 spiro atoms. The Morgan fingerprint density at radius 2 is 1.69 bits per heavy atom. The summed E-state index contributed by atoms with van der Waals surface area (Å²) in [5.41, 5.74) is 2.39. The third-order valence-electron chi connectivity index (χ3n) is 3.77. The molecular formula is C17H18N4O4S. The first-order valence-electron chi connectivity index (χ1n) is 7.71. The summed E-state index contributed by atoms with van der Waals surface area (Å²) in [5, 5.41) is 4.03. The van der Waals surface area contributed by atoms with Crippen molar-refractivity contribution in [2.75, 3.05) is 19.5 Å². The molecule has 1 aromatic heterocycles. The van der Waals surface area contributed by atoms with E-state index in [0.717, 1.165) is 22.2 Å². The Balaban J connectivity index is 1.88. The van der Waals surface area contributed by atoms with Crippen molar-refractivity contribution < 1.29 is 17.9 Å². The number of rotatable bonds is 7. The predicted octanol–water partition coefficient (Wildman–Crippen LogP) is 2.01. The average molecular weight is 374 g/mol. The quantitative estimate of drug-likeness (QED) is 0.544. The monoisotopic (exact) mass is 374 g/mol. The fourth-order valence-corrected chi connectivity index (χ4v) is 2.79. The highest BCUT2D eigenvalue weighted by molar-refractivity contribution is 7.70. The average Bonchev–Trinajstić information content (AvgIpc) is 2.66. The van der Waals surface area contributed by atoms with Gasteiger partial charge in [0.15, 0.2) is 11.5 Å². The molecule has 1 heterocycles. The molecule has 0 bridgehead atoms. The minimum absolute atomic E-state index is 0.256. The van der Waals surface area contributed by atoms with E-state index in [2.05, 4.69) is 20.0 Å². The zero-order valence-electron chi connectivity index (χ0n) is 14.2. The standard InChI is InChI=1S/C17H18N4O4S/c1-24-15-7-13-14(8-16(15)25-2)18-10-19-17(13)21-12-5-3-11(4-6-12)9-20-26(22)23/h3-8,10,26H,9H2,1-2H3,(H,18,19,21)(H,20,22,23). The van der Waals surface area contributed by atoms with Crippen LogP contribution in [0.4, 0.5) is 11.5 Å². The van der Waals surface area contributed by atoms with Crippen LogP contribution in [0.15, 0.2) is 42.7 Å². The SMILES string of the molecule is COc1cc2ncnc(Nc3ccc(CN[SH](=O)=O)cc3)c2cc1OC. The molecule has 0 aliphatic carbocycles. The molecule has 0 aliphatic heterocycles. The minimum Gasteiger partial charge on any atom is -0.493 e. The second-order valence-electron chi connectivity index (χ2n) is 5.36. The zero-order valence-corrected chi connectivity index (χ0v) is 15.1. The largest absolute Gasteiger partial charge is 0.493 e. The lowest BCUT2D eigenvalue weighted by Crippen LogP contribution is -2.10. The fraction of sp³-hybridized carbons (Fsp3) is 0.176. The number of benzene rings is 2. The topological polar surface area (TPSA) is 102 Å². The second kappa shape index (κ2) is 7.98. The maximum absolute atomic E-state index is 10.6. The number of ether oxygens (including phenoxy) is 2. The van der Waals surface area contributed by atoms with Gasteiger partial charge in [-0.25, -0.2) is 23.1 Å². The first-order chi connectivity index (χ1) is 12.6. The number of hydrogen-bond donors (Lipinski definition) is 3. The molecule has 2 aromatic carbocycles. The molecule has 0 saturated carbocycles. The zero-order chi connectivity index (χ0) is 18.5. The molecule has 3 aromatic rings. The molecular weight excluding hydrogens is 356 g/mol. The van der Waals surface area contributed by atoms with Crippen molar-refractivity contribution >= 4 is 33.3 Å². The summed E-state index contributed by atoms with van der Waals surface area (Å²) in [6, 6.07) is 11.0. The van der Waals surface area contributed by atoms with Crippen molar-refractivity contribution in [1.29, 1.82) is 0 Å². The first kappa shape index (κ1) is 17.9. The van der Waals surface area contributed by atoms with Crippen LogP contribution in [0, 0.1) is 0 Å². The molecule has 136 valence electrons. The van der Waals surface area contributed by atoms with E-state index in [4.69, 9.17) is 9.47 Å². The Morgan fingerprint density at radius 1 is 1.00 bits per heavy atom. The highest BCUT2D eigenvalue weighted by Crippen LogP contribution is 2.34. The Bertz CT molecular complexity index is 982. The van der Waals surface area contributed by atoms with Gasteiger partial charge in [0.05, 0.1) is 19.7 Å². The number of nitrogens with one attached hydrogen (secondary N) is 2. The van der Waals surface area contributed by atoms with Gasteiger partial charge in [0.25, 0.3) is 0 Å². The first-order valence-corrected chi connectivity index (χ1v) is 8.89. The molecule has 0 unspecified atom stereocenters. The number of anilines is 2. The van der Waals surface area contributed by atoms with Gasteiger partial charge in [-0.3, -0.25) is 0 Å². The highest BCUT2D eigenvalue weighted by atomic mass is 32.2. The number of nitrogens with zero attached hydrogens (tertiary/aromatic N) is 2. The van der Waals surface area contributed by atoms with Crippen molar-refractivity contribution in [3.63, 3.8) is 0 Å². The van der Waals surface area contributed by atoms with Gasteiger partial charge in [0.1, 0.15) is 12.1 Å². The van der Waals surface area contributed by atoms with Gasteiger partial charge in [0.2, 0.25) is 10.9 Å². The van der Waals surface area contributed by atoms with E-state index in [0.29, 0.717) is 17.3 Å². The van der Waals surface area contributed by atoms with E-state index >= 15 is 0 Å². The molecule has 0 radical (unpaired) electrons. The van der Waals surface area contributed by atoms with Gasteiger partial charge in [-0.1, -0.05) is 12.1 Å².